The van der Waals surface area contributed by atoms with Crippen molar-refractivity contribution in [2.45, 2.75) is 76.8 Å². The number of alkyl halides is 6. The summed E-state index contributed by atoms with van der Waals surface area (Å²) in [6.07, 6.45) is 6.36. The lowest BCUT2D eigenvalue weighted by Crippen LogP contribution is -2.21. The van der Waals surface area contributed by atoms with Crippen LogP contribution in [0.4, 0.5) is 35.1 Å². The molecule has 6 heterocycles. The van der Waals surface area contributed by atoms with Crippen LogP contribution < -0.4 is 9.47 Å². The molecule has 2 aliphatic heterocycles. The number of hydrogen-bond acceptors (Lipinski definition) is 8. The second kappa shape index (κ2) is 20.1. The molecular formula is C52H46F8N10O2. The van der Waals surface area contributed by atoms with E-state index in [4.69, 9.17) is 9.47 Å². The maximum Gasteiger partial charge on any atom is 0.416 e. The predicted octanol–water partition coefficient (Wildman–Crippen LogP) is 12.1. The molecule has 2 atom stereocenters. The summed E-state index contributed by atoms with van der Waals surface area (Å²) in [4.78, 5) is 17.4. The van der Waals surface area contributed by atoms with Gasteiger partial charge >= 0.3 is 12.4 Å². The average Bonchev–Trinajstić information content (AvgIpc) is 4.19. The van der Waals surface area contributed by atoms with Crippen molar-refractivity contribution in [1.82, 2.24) is 48.6 Å². The van der Waals surface area contributed by atoms with Crippen LogP contribution in [0.1, 0.15) is 106 Å². The van der Waals surface area contributed by atoms with Crippen LogP contribution in [0.2, 0.25) is 0 Å². The van der Waals surface area contributed by atoms with Gasteiger partial charge in [-0.25, -0.2) is 38.1 Å². The molecule has 2 aliphatic rings. The molecule has 8 aromatic rings. The summed E-state index contributed by atoms with van der Waals surface area (Å²) in [5.41, 5.74) is 2.17. The molecule has 0 aliphatic carbocycles. The minimum Gasteiger partial charge on any atom is -0.495 e. The summed E-state index contributed by atoms with van der Waals surface area (Å²) in [6, 6.07) is 17.0. The Kier molecular flexibility index (Phi) is 13.7. The topological polar surface area (TPSA) is 116 Å². The van der Waals surface area contributed by atoms with E-state index < -0.39 is 46.9 Å². The van der Waals surface area contributed by atoms with Crippen molar-refractivity contribution in [2.75, 3.05) is 14.2 Å². The Morgan fingerprint density at radius 1 is 0.569 bits per heavy atom. The number of ether oxygens (including phenoxy) is 2. The number of benzene rings is 4. The molecule has 0 N–H and O–H groups in total. The van der Waals surface area contributed by atoms with Gasteiger partial charge in [-0.3, -0.25) is 0 Å². The number of imidazole rings is 2. The van der Waals surface area contributed by atoms with E-state index in [9.17, 15) is 35.1 Å². The van der Waals surface area contributed by atoms with E-state index in [1.165, 1.54) is 62.8 Å². The van der Waals surface area contributed by atoms with Crippen LogP contribution in [-0.4, -0.2) is 62.9 Å². The highest BCUT2D eigenvalue weighted by atomic mass is 19.4. The fraction of sp³-hybridized carbons (Fsp3) is 0.269. The largest absolute Gasteiger partial charge is 0.495 e. The van der Waals surface area contributed by atoms with E-state index in [-0.39, 0.29) is 22.3 Å². The highest BCUT2D eigenvalue weighted by Crippen LogP contribution is 2.42. The van der Waals surface area contributed by atoms with Crippen LogP contribution >= 0.6 is 0 Å². The molecule has 0 amide bonds. The smallest absolute Gasteiger partial charge is 0.416 e. The van der Waals surface area contributed by atoms with Crippen LogP contribution in [0.25, 0.3) is 35.7 Å². The number of aryl methyl sites for hydroxylation is 4. The van der Waals surface area contributed by atoms with E-state index in [1.807, 2.05) is 13.8 Å². The Hall–Kier alpha value is -7.90. The van der Waals surface area contributed by atoms with Gasteiger partial charge in [-0.15, -0.1) is 0 Å². The zero-order valence-electron chi connectivity index (χ0n) is 39.3. The van der Waals surface area contributed by atoms with Crippen molar-refractivity contribution in [3.63, 3.8) is 0 Å². The van der Waals surface area contributed by atoms with Crippen molar-refractivity contribution in [3.8, 4) is 22.9 Å². The lowest BCUT2D eigenvalue weighted by atomic mass is 9.88. The molecule has 20 heteroatoms. The van der Waals surface area contributed by atoms with E-state index in [0.29, 0.717) is 84.9 Å². The first-order valence-electron chi connectivity index (χ1n) is 22.8. The first kappa shape index (κ1) is 49.1. The SMILES string of the molecule is COc1cc(/C=C/c2nc3n(n2)CCC[C@@H]3c2ccccc2C(F)(F)F)c(F)cc1-n1cnc(C)c1.COc1cc(/C=C/c2nc3n(n2)CCC[C@H]3c2ccccc2C(F)(F)F)c(F)cc1-n1cnc(C)c1. The molecule has 72 heavy (non-hydrogen) atoms. The zero-order valence-corrected chi connectivity index (χ0v) is 39.3. The Bertz CT molecular complexity index is 3090. The van der Waals surface area contributed by atoms with Gasteiger partial charge in [0.25, 0.3) is 0 Å². The van der Waals surface area contributed by atoms with Gasteiger partial charge in [-0.05, 0) is 99.2 Å². The van der Waals surface area contributed by atoms with E-state index >= 15 is 0 Å². The number of halogens is 8. The number of fused-ring (bicyclic) bond motifs is 2. The molecule has 0 saturated heterocycles. The number of hydrogen-bond donors (Lipinski definition) is 0. The zero-order chi connectivity index (χ0) is 50.9. The first-order valence-corrected chi connectivity index (χ1v) is 22.8. The number of methoxy groups -OCH3 is 2. The third kappa shape index (κ3) is 10.3. The van der Waals surface area contributed by atoms with Gasteiger partial charge in [0.1, 0.15) is 34.8 Å². The van der Waals surface area contributed by atoms with Crippen LogP contribution in [0, 0.1) is 25.5 Å². The number of rotatable bonds is 10. The molecule has 0 unspecified atom stereocenters. The fourth-order valence-electron chi connectivity index (χ4n) is 9.12. The van der Waals surface area contributed by atoms with E-state index in [0.717, 1.165) is 23.5 Å². The molecule has 4 aromatic carbocycles. The second-order valence-electron chi connectivity index (χ2n) is 17.3. The lowest BCUT2D eigenvalue weighted by Gasteiger charge is -2.25. The van der Waals surface area contributed by atoms with Gasteiger partial charge in [0.2, 0.25) is 0 Å². The van der Waals surface area contributed by atoms with Crippen molar-refractivity contribution in [2.24, 2.45) is 0 Å². The normalized spacial score (nSPS) is 15.9. The molecule has 0 fully saturated rings. The Balaban J connectivity index is 0.000000178. The predicted molar refractivity (Wildman–Crippen MR) is 253 cm³/mol. The molecule has 4 aromatic heterocycles. The van der Waals surface area contributed by atoms with Gasteiger partial charge in [0, 0.05) is 60.6 Å². The van der Waals surface area contributed by atoms with Crippen LogP contribution in [0.5, 0.6) is 11.5 Å². The highest BCUT2D eigenvalue weighted by molar-refractivity contribution is 5.71. The Morgan fingerprint density at radius 2 is 0.972 bits per heavy atom. The molecule has 12 nitrogen and oxygen atoms in total. The summed E-state index contributed by atoms with van der Waals surface area (Å²) in [5, 5.41) is 8.89. The summed E-state index contributed by atoms with van der Waals surface area (Å²) in [7, 11) is 3.00. The quantitative estimate of drug-likeness (QED) is 0.124. The molecular weight excluding hydrogens is 949 g/mol. The third-order valence-corrected chi connectivity index (χ3v) is 12.5. The average molecular weight is 995 g/mol. The minimum atomic E-state index is -4.46. The van der Waals surface area contributed by atoms with Gasteiger partial charge in [0.05, 0.1) is 60.8 Å². The van der Waals surface area contributed by atoms with Gasteiger partial charge in [-0.1, -0.05) is 36.4 Å². The van der Waals surface area contributed by atoms with Crippen molar-refractivity contribution in [1.29, 1.82) is 0 Å². The van der Waals surface area contributed by atoms with E-state index in [1.54, 1.807) is 80.0 Å². The first-order chi connectivity index (χ1) is 34.5. The monoisotopic (exact) mass is 994 g/mol. The van der Waals surface area contributed by atoms with Crippen LogP contribution in [0.3, 0.4) is 0 Å². The molecule has 0 radical (unpaired) electrons. The van der Waals surface area contributed by atoms with Crippen molar-refractivity contribution < 1.29 is 44.6 Å². The number of aromatic nitrogens is 10. The molecule has 372 valence electrons. The highest BCUT2D eigenvalue weighted by Gasteiger charge is 2.39. The summed E-state index contributed by atoms with van der Waals surface area (Å²) in [5.74, 6) is 0.445. The standard InChI is InChI=1S/2C26H23F4N5O/c2*1-16-14-34(15-31-16)22-13-21(27)17(12-23(22)36-2)9-10-24-32-25-19(7-5-11-35(25)33-24)18-6-3-4-8-20(18)26(28,29)30/h2*3-4,6,8-10,12-15,19H,5,7,11H2,1-2H3/b2*10-9+/t2*19-/m10/s1. The van der Waals surface area contributed by atoms with Crippen LogP contribution in [0.15, 0.2) is 97.8 Å². The van der Waals surface area contributed by atoms with Crippen molar-refractivity contribution in [3.05, 3.63) is 178 Å². The summed E-state index contributed by atoms with van der Waals surface area (Å²) >= 11 is 0. The van der Waals surface area contributed by atoms with Crippen molar-refractivity contribution >= 4 is 24.3 Å². The maximum atomic E-state index is 14.9. The molecule has 0 saturated carbocycles. The fourth-order valence-corrected chi connectivity index (χ4v) is 9.12. The summed E-state index contributed by atoms with van der Waals surface area (Å²) < 4.78 is 129. The number of nitrogens with zero attached hydrogens (tertiary/aromatic N) is 10. The van der Waals surface area contributed by atoms with Gasteiger partial charge < -0.3 is 18.6 Å². The van der Waals surface area contributed by atoms with E-state index in [2.05, 4.69) is 30.1 Å². The molecule has 0 bridgehead atoms. The minimum absolute atomic E-state index is 0.190. The Morgan fingerprint density at radius 3 is 1.33 bits per heavy atom. The molecule has 10 rings (SSSR count). The van der Waals surface area contributed by atoms with Gasteiger partial charge in [-0.2, -0.15) is 36.5 Å². The summed E-state index contributed by atoms with van der Waals surface area (Å²) in [6.45, 7) is 4.78. The lowest BCUT2D eigenvalue weighted by molar-refractivity contribution is -0.139. The van der Waals surface area contributed by atoms with Crippen LogP contribution in [-0.2, 0) is 25.4 Å². The maximum absolute atomic E-state index is 14.9. The van der Waals surface area contributed by atoms with Gasteiger partial charge in [0.15, 0.2) is 11.6 Å². The Labute approximate surface area is 407 Å². The second-order valence-corrected chi connectivity index (χ2v) is 17.3. The molecule has 0 spiro atoms. The third-order valence-electron chi connectivity index (χ3n) is 12.5.